The lowest BCUT2D eigenvalue weighted by molar-refractivity contribution is -0.147. The summed E-state index contributed by atoms with van der Waals surface area (Å²) in [6.07, 6.45) is 3.80. The van der Waals surface area contributed by atoms with E-state index < -0.39 is 0 Å². The number of hydrogen-bond donors (Lipinski definition) is 0. The van der Waals surface area contributed by atoms with Crippen molar-refractivity contribution in [3.05, 3.63) is 50.9 Å². The Bertz CT molecular complexity index is 766. The molecule has 1 aromatic heterocycles. The molecule has 0 N–H and O–H groups in total. The number of thiazole rings is 1. The molecule has 0 aliphatic heterocycles. The first-order valence-corrected chi connectivity index (χ1v) is 9.99. The summed E-state index contributed by atoms with van der Waals surface area (Å²) >= 11 is 8.28. The zero-order valence-corrected chi connectivity index (χ0v) is 17.3. The number of nitrogens with zero attached hydrogens (tertiary/aromatic N) is 1. The standard InChI is InChI=1S/C18H17Br2NO2S/c1-18(2)13(8-14(19)20)15(18)17(22)23-10-12-9-21-16(24-12)11-6-4-3-5-7-11/h3-9,13,15H,10H2,1-2H3/t13-,15-/m0/s1. The molecule has 6 heteroatoms. The van der Waals surface area contributed by atoms with Gasteiger partial charge in [-0.3, -0.25) is 4.79 Å². The van der Waals surface area contributed by atoms with E-state index in [1.165, 1.54) is 0 Å². The van der Waals surface area contributed by atoms with Gasteiger partial charge in [0.2, 0.25) is 0 Å². The van der Waals surface area contributed by atoms with E-state index in [2.05, 4.69) is 50.7 Å². The van der Waals surface area contributed by atoms with Gasteiger partial charge in [-0.15, -0.1) is 11.3 Å². The minimum absolute atomic E-state index is 0.0627. The fraction of sp³-hybridized carbons (Fsp3) is 0.333. The third-order valence-electron chi connectivity index (χ3n) is 4.40. The molecule has 3 nitrogen and oxygen atoms in total. The number of ether oxygens (including phenoxy) is 1. The van der Waals surface area contributed by atoms with Crippen LogP contribution in [-0.2, 0) is 16.1 Å². The Morgan fingerprint density at radius 1 is 1.33 bits per heavy atom. The van der Waals surface area contributed by atoms with Gasteiger partial charge in [-0.2, -0.15) is 0 Å². The van der Waals surface area contributed by atoms with Gasteiger partial charge in [0.15, 0.2) is 0 Å². The fourth-order valence-electron chi connectivity index (χ4n) is 2.90. The Hall–Kier alpha value is -0.980. The van der Waals surface area contributed by atoms with Crippen LogP contribution in [0.15, 0.2) is 46.0 Å². The Morgan fingerprint density at radius 2 is 2.04 bits per heavy atom. The summed E-state index contributed by atoms with van der Waals surface area (Å²) in [4.78, 5) is 17.7. The second-order valence-corrected chi connectivity index (χ2v) is 10.3. The van der Waals surface area contributed by atoms with Gasteiger partial charge in [-0.25, -0.2) is 4.98 Å². The zero-order valence-electron chi connectivity index (χ0n) is 13.3. The molecular weight excluding hydrogens is 454 g/mol. The van der Waals surface area contributed by atoms with Gasteiger partial charge in [0, 0.05) is 11.8 Å². The van der Waals surface area contributed by atoms with Crippen LogP contribution in [0, 0.1) is 17.3 Å². The smallest absolute Gasteiger partial charge is 0.310 e. The second-order valence-electron chi connectivity index (χ2n) is 6.39. The van der Waals surface area contributed by atoms with Gasteiger partial charge in [0.1, 0.15) is 11.6 Å². The summed E-state index contributed by atoms with van der Waals surface area (Å²) in [5.41, 5.74) is 1.02. The summed E-state index contributed by atoms with van der Waals surface area (Å²) in [7, 11) is 0. The van der Waals surface area contributed by atoms with E-state index in [0.29, 0.717) is 0 Å². The second kappa shape index (κ2) is 7.10. The highest BCUT2D eigenvalue weighted by atomic mass is 79.9. The number of rotatable bonds is 5. The van der Waals surface area contributed by atoms with Crippen molar-refractivity contribution in [3.8, 4) is 10.6 Å². The van der Waals surface area contributed by atoms with Crippen LogP contribution in [0.5, 0.6) is 0 Å². The highest BCUT2D eigenvalue weighted by molar-refractivity contribution is 9.28. The van der Waals surface area contributed by atoms with E-state index in [-0.39, 0.29) is 29.8 Å². The Kier molecular flexibility index (Phi) is 5.27. The van der Waals surface area contributed by atoms with Crippen molar-refractivity contribution in [1.82, 2.24) is 4.98 Å². The fourth-order valence-corrected chi connectivity index (χ4v) is 4.30. The first-order chi connectivity index (χ1) is 11.4. The van der Waals surface area contributed by atoms with Gasteiger partial charge in [-0.05, 0) is 43.2 Å². The van der Waals surface area contributed by atoms with E-state index in [9.17, 15) is 4.79 Å². The third kappa shape index (κ3) is 3.81. The van der Waals surface area contributed by atoms with Gasteiger partial charge >= 0.3 is 5.97 Å². The molecule has 2 aromatic rings. The van der Waals surface area contributed by atoms with Crippen molar-refractivity contribution in [3.63, 3.8) is 0 Å². The molecule has 1 saturated carbocycles. The molecule has 1 aliphatic rings. The lowest BCUT2D eigenvalue weighted by Crippen LogP contribution is -2.10. The van der Waals surface area contributed by atoms with Crippen LogP contribution in [0.1, 0.15) is 18.7 Å². The van der Waals surface area contributed by atoms with Crippen LogP contribution in [-0.4, -0.2) is 11.0 Å². The topological polar surface area (TPSA) is 39.2 Å². The van der Waals surface area contributed by atoms with E-state index in [4.69, 9.17) is 4.74 Å². The van der Waals surface area contributed by atoms with Gasteiger partial charge in [0.25, 0.3) is 0 Å². The van der Waals surface area contributed by atoms with E-state index >= 15 is 0 Å². The Labute approximate surface area is 162 Å². The average Bonchev–Trinajstić information content (AvgIpc) is 2.90. The maximum absolute atomic E-state index is 12.4. The number of benzene rings is 1. The largest absolute Gasteiger partial charge is 0.460 e. The lowest BCUT2D eigenvalue weighted by Gasteiger charge is -2.03. The summed E-state index contributed by atoms with van der Waals surface area (Å²) in [5, 5.41) is 0.942. The number of aromatic nitrogens is 1. The van der Waals surface area contributed by atoms with Crippen molar-refractivity contribution in [2.75, 3.05) is 0 Å². The van der Waals surface area contributed by atoms with Crippen molar-refractivity contribution in [2.45, 2.75) is 20.5 Å². The van der Waals surface area contributed by atoms with Crippen molar-refractivity contribution in [1.29, 1.82) is 0 Å². The molecule has 1 fully saturated rings. The van der Waals surface area contributed by atoms with Crippen LogP contribution in [0.25, 0.3) is 10.6 Å². The summed E-state index contributed by atoms with van der Waals surface area (Å²) < 4.78 is 6.39. The molecule has 0 saturated heterocycles. The molecule has 1 aliphatic carbocycles. The van der Waals surface area contributed by atoms with E-state index in [1.807, 2.05) is 36.4 Å². The predicted molar refractivity (Wildman–Crippen MR) is 104 cm³/mol. The van der Waals surface area contributed by atoms with Crippen LogP contribution in [0.3, 0.4) is 0 Å². The van der Waals surface area contributed by atoms with Crippen molar-refractivity contribution < 1.29 is 9.53 Å². The van der Waals surface area contributed by atoms with E-state index in [0.717, 1.165) is 18.8 Å². The normalized spacial score (nSPS) is 21.2. The first kappa shape index (κ1) is 17.8. The van der Waals surface area contributed by atoms with Gasteiger partial charge < -0.3 is 4.74 Å². The zero-order chi connectivity index (χ0) is 17.3. The van der Waals surface area contributed by atoms with Crippen molar-refractivity contribution >= 4 is 49.2 Å². The van der Waals surface area contributed by atoms with Gasteiger partial charge in [0.05, 0.1) is 14.2 Å². The molecule has 1 heterocycles. The molecule has 24 heavy (non-hydrogen) atoms. The highest BCUT2D eigenvalue weighted by Gasteiger charge is 2.61. The monoisotopic (exact) mass is 469 g/mol. The van der Waals surface area contributed by atoms with Crippen molar-refractivity contribution in [2.24, 2.45) is 17.3 Å². The number of carbonyl (C=O) groups excluding carboxylic acids is 1. The number of hydrogen-bond acceptors (Lipinski definition) is 4. The average molecular weight is 471 g/mol. The number of halogens is 2. The van der Waals surface area contributed by atoms with Crippen LogP contribution in [0.2, 0.25) is 0 Å². The number of carbonyl (C=O) groups is 1. The molecule has 2 atom stereocenters. The molecule has 0 unspecified atom stereocenters. The highest BCUT2D eigenvalue weighted by Crippen LogP contribution is 2.60. The SMILES string of the molecule is CC1(C)[C@H](C(=O)OCc2cnc(-c3ccccc3)s2)[C@@H]1C=C(Br)Br. The third-order valence-corrected chi connectivity index (χ3v) is 5.95. The molecule has 3 rings (SSSR count). The molecule has 126 valence electrons. The first-order valence-electron chi connectivity index (χ1n) is 7.59. The lowest BCUT2D eigenvalue weighted by atomic mass is 10.1. The quantitative estimate of drug-likeness (QED) is 0.521. The minimum atomic E-state index is -0.142. The minimum Gasteiger partial charge on any atom is -0.460 e. The number of esters is 1. The Balaban J connectivity index is 1.60. The van der Waals surface area contributed by atoms with Crippen LogP contribution < -0.4 is 0 Å². The summed E-state index contributed by atoms with van der Waals surface area (Å²) in [6.45, 7) is 4.45. The van der Waals surface area contributed by atoms with Gasteiger partial charge in [-0.1, -0.05) is 50.3 Å². The van der Waals surface area contributed by atoms with Crippen LogP contribution >= 0.6 is 43.2 Å². The summed E-state index contributed by atoms with van der Waals surface area (Å²) in [5.74, 6) is -0.0404. The molecule has 0 radical (unpaired) electrons. The number of allylic oxidation sites excluding steroid dienone is 1. The Morgan fingerprint density at radius 3 is 2.71 bits per heavy atom. The predicted octanol–water partition coefficient (Wildman–Crippen LogP) is 5.76. The van der Waals surface area contributed by atoms with Crippen LogP contribution in [0.4, 0.5) is 0 Å². The maximum Gasteiger partial charge on any atom is 0.310 e. The molecule has 0 amide bonds. The van der Waals surface area contributed by atoms with E-state index in [1.54, 1.807) is 17.5 Å². The molecule has 1 aromatic carbocycles. The molecule has 0 bridgehead atoms. The summed E-state index contributed by atoms with van der Waals surface area (Å²) in [6, 6.07) is 10.0. The molecule has 0 spiro atoms. The molecular formula is C18H17Br2NO2S. The maximum atomic E-state index is 12.4.